The molecule has 154 valence electrons. The van der Waals surface area contributed by atoms with Gasteiger partial charge in [-0.1, -0.05) is 59.3 Å². The predicted octanol–water partition coefficient (Wildman–Crippen LogP) is 2.25. The molecular weight excluding hydrogens is 396 g/mol. The molecule has 2 atom stereocenters. The van der Waals surface area contributed by atoms with Crippen LogP contribution >= 0.6 is 0 Å². The minimum atomic E-state index is -0.912. The number of rotatable bonds is 5. The molecule has 1 amide bonds. The summed E-state index contributed by atoms with van der Waals surface area (Å²) in [7, 11) is 0. The van der Waals surface area contributed by atoms with Crippen molar-refractivity contribution in [2.45, 2.75) is 12.1 Å². The van der Waals surface area contributed by atoms with E-state index in [1.54, 1.807) is 48.7 Å². The first kappa shape index (κ1) is 20.0. The fourth-order valence-electron chi connectivity index (χ4n) is 3.46. The zero-order chi connectivity index (χ0) is 21.8. The molecule has 0 aromatic heterocycles. The van der Waals surface area contributed by atoms with Gasteiger partial charge in [-0.25, -0.2) is 0 Å². The Labute approximate surface area is 177 Å². The molecule has 0 bridgehead atoms. The number of benzene rings is 3. The van der Waals surface area contributed by atoms with E-state index in [4.69, 9.17) is 0 Å². The number of nitrogens with zero attached hydrogens (tertiary/aromatic N) is 3. The van der Waals surface area contributed by atoms with Crippen LogP contribution in [0.4, 0.5) is 5.69 Å². The monoisotopic (exact) mass is 414 g/mol. The summed E-state index contributed by atoms with van der Waals surface area (Å²) in [6.45, 7) is 0. The molecule has 1 aliphatic rings. The number of hydrogen-bond donors (Lipinski definition) is 1. The Kier molecular flexibility index (Phi) is 5.53. The zero-order valence-electron chi connectivity index (χ0n) is 16.3. The van der Waals surface area contributed by atoms with E-state index in [1.165, 1.54) is 16.8 Å². The highest BCUT2D eigenvalue weighted by molar-refractivity contribution is 5.97. The third-order valence-corrected chi connectivity index (χ3v) is 4.91. The number of nitrogens with one attached hydrogen (secondary N) is 1. The van der Waals surface area contributed by atoms with Crippen molar-refractivity contribution in [2.75, 3.05) is 0 Å². The van der Waals surface area contributed by atoms with Gasteiger partial charge in [-0.3, -0.25) is 14.9 Å². The molecule has 8 heteroatoms. The number of nitro benzene ring substituents is 1. The second kappa shape index (κ2) is 8.58. The van der Waals surface area contributed by atoms with Gasteiger partial charge in [0.1, 0.15) is 6.04 Å². The van der Waals surface area contributed by atoms with Gasteiger partial charge in [-0.05, 0) is 23.3 Å². The Morgan fingerprint density at radius 3 is 2.35 bits per heavy atom. The molecule has 0 spiro atoms. The Bertz CT molecular complexity index is 1180. The molecule has 1 aliphatic heterocycles. The maximum Gasteiger partial charge on any atom is 0.270 e. The fourth-order valence-corrected chi connectivity index (χ4v) is 3.46. The summed E-state index contributed by atoms with van der Waals surface area (Å²) >= 11 is 0. The lowest BCUT2D eigenvalue weighted by atomic mass is 9.99. The molecule has 4 rings (SSSR count). The van der Waals surface area contributed by atoms with Crippen molar-refractivity contribution < 1.29 is 19.5 Å². The summed E-state index contributed by atoms with van der Waals surface area (Å²) in [6.07, 6.45) is 1.57. The molecule has 8 nitrogen and oxygen atoms in total. The van der Waals surface area contributed by atoms with E-state index in [-0.39, 0.29) is 11.6 Å². The van der Waals surface area contributed by atoms with Gasteiger partial charge in [0.25, 0.3) is 11.6 Å². The number of nitro groups is 1. The highest BCUT2D eigenvalue weighted by Crippen LogP contribution is 2.27. The largest absolute Gasteiger partial charge is 0.856 e. The fraction of sp³-hybridized carbons (Fsp3) is 0.0870. The Morgan fingerprint density at radius 1 is 1.00 bits per heavy atom. The van der Waals surface area contributed by atoms with Crippen molar-refractivity contribution in [1.29, 1.82) is 0 Å². The summed E-state index contributed by atoms with van der Waals surface area (Å²) in [6, 6.07) is 22.3. The first-order chi connectivity index (χ1) is 15.0. The molecule has 0 fully saturated rings. The third-order valence-electron chi connectivity index (χ3n) is 4.91. The van der Waals surface area contributed by atoms with Crippen molar-refractivity contribution in [3.05, 3.63) is 112 Å². The van der Waals surface area contributed by atoms with Crippen molar-refractivity contribution in [3.8, 4) is 0 Å². The zero-order valence-corrected chi connectivity index (χ0v) is 16.3. The predicted molar refractivity (Wildman–Crippen MR) is 113 cm³/mol. The number of non-ortho nitro benzene ring substituents is 1. The average Bonchev–Trinajstić information content (AvgIpc) is 3.09. The maximum absolute atomic E-state index is 12.7. The van der Waals surface area contributed by atoms with Gasteiger partial charge in [0.2, 0.25) is 12.3 Å². The highest BCUT2D eigenvalue weighted by Gasteiger charge is 2.41. The minimum absolute atomic E-state index is 0.0653. The second-order valence-electron chi connectivity index (χ2n) is 6.97. The maximum atomic E-state index is 12.7. The number of hydrazone groups is 1. The van der Waals surface area contributed by atoms with Crippen LogP contribution in [-0.4, -0.2) is 33.7 Å². The van der Waals surface area contributed by atoms with Crippen molar-refractivity contribution in [1.82, 2.24) is 5.32 Å². The van der Waals surface area contributed by atoms with E-state index >= 15 is 0 Å². The summed E-state index contributed by atoms with van der Waals surface area (Å²) in [4.78, 5) is 23.3. The molecule has 0 unspecified atom stereocenters. The number of carbonyl (C=O) groups excluding carboxylic acids is 1. The van der Waals surface area contributed by atoms with Crippen LogP contribution in [0.5, 0.6) is 0 Å². The lowest BCUT2D eigenvalue weighted by Gasteiger charge is -2.20. The van der Waals surface area contributed by atoms with Crippen molar-refractivity contribution in [2.24, 2.45) is 5.10 Å². The van der Waals surface area contributed by atoms with E-state index in [1.807, 2.05) is 30.3 Å². The smallest absolute Gasteiger partial charge is 0.270 e. The van der Waals surface area contributed by atoms with Gasteiger partial charge in [0, 0.05) is 28.8 Å². The molecule has 0 radical (unpaired) electrons. The van der Waals surface area contributed by atoms with E-state index in [0.717, 1.165) is 5.56 Å². The van der Waals surface area contributed by atoms with Crippen LogP contribution in [-0.2, 0) is 0 Å². The molecule has 0 aliphatic carbocycles. The molecule has 3 aromatic carbocycles. The van der Waals surface area contributed by atoms with Gasteiger partial charge >= 0.3 is 0 Å². The summed E-state index contributed by atoms with van der Waals surface area (Å²) in [5, 5.41) is 30.7. The topological polar surface area (TPSA) is 111 Å². The van der Waals surface area contributed by atoms with Crippen LogP contribution in [0.15, 0.2) is 90.0 Å². The van der Waals surface area contributed by atoms with Crippen LogP contribution in [0.2, 0.25) is 0 Å². The molecule has 1 N–H and O–H groups in total. The van der Waals surface area contributed by atoms with Gasteiger partial charge in [-0.15, -0.1) is 0 Å². The Hall–Kier alpha value is -4.33. The molecule has 0 saturated heterocycles. The van der Waals surface area contributed by atoms with Gasteiger partial charge in [0.15, 0.2) is 0 Å². The van der Waals surface area contributed by atoms with Gasteiger partial charge < -0.3 is 10.4 Å². The second-order valence-corrected chi connectivity index (χ2v) is 6.97. The van der Waals surface area contributed by atoms with Crippen LogP contribution in [0.25, 0.3) is 0 Å². The normalized spacial score (nSPS) is 19.1. The summed E-state index contributed by atoms with van der Waals surface area (Å²) < 4.78 is 1.45. The first-order valence-corrected chi connectivity index (χ1v) is 9.57. The summed E-state index contributed by atoms with van der Waals surface area (Å²) in [5.41, 5.74) is 1.66. The average molecular weight is 414 g/mol. The lowest BCUT2D eigenvalue weighted by Crippen LogP contribution is -2.47. The van der Waals surface area contributed by atoms with Crippen LogP contribution in [0.1, 0.15) is 27.5 Å². The van der Waals surface area contributed by atoms with Crippen LogP contribution in [0.3, 0.4) is 0 Å². The SMILES string of the molecule is O=C(N[C@H]1C([O-])=N/[N+](=C\c2cccc([N+](=O)[O-])c2)[C@@H]1c1ccccc1)c1ccccc1. The van der Waals surface area contributed by atoms with Gasteiger partial charge in [-0.2, -0.15) is 0 Å². The molecule has 3 aromatic rings. The Morgan fingerprint density at radius 2 is 1.68 bits per heavy atom. The molecule has 0 saturated carbocycles. The lowest BCUT2D eigenvalue weighted by molar-refractivity contribution is -0.565. The van der Waals surface area contributed by atoms with E-state index in [9.17, 15) is 20.0 Å². The minimum Gasteiger partial charge on any atom is -0.856 e. The number of hydrogen-bond acceptors (Lipinski definition) is 5. The van der Waals surface area contributed by atoms with E-state index < -0.39 is 22.9 Å². The standard InChI is InChI=1S/C23H18N4O4/c28-22(18-11-5-2-6-12-18)24-20-21(17-9-3-1-4-10-17)26(25-23(20)29)15-16-8-7-13-19(14-16)27(30)31/h1-15,20-21H,(H-,24,25,28,29)/b26-15-/t20-,21-/m1/s1. The van der Waals surface area contributed by atoms with Crippen LogP contribution < -0.4 is 10.4 Å². The third kappa shape index (κ3) is 4.32. The Balaban J connectivity index is 1.71. The van der Waals surface area contributed by atoms with Crippen molar-refractivity contribution >= 4 is 23.7 Å². The number of carbonyl (C=O) groups is 1. The molecule has 31 heavy (non-hydrogen) atoms. The first-order valence-electron chi connectivity index (χ1n) is 9.57. The van der Waals surface area contributed by atoms with E-state index in [2.05, 4.69) is 10.4 Å². The van der Waals surface area contributed by atoms with E-state index in [0.29, 0.717) is 11.1 Å². The van der Waals surface area contributed by atoms with Crippen LogP contribution in [0, 0.1) is 10.1 Å². The van der Waals surface area contributed by atoms with Crippen molar-refractivity contribution in [3.63, 3.8) is 0 Å². The number of amides is 1. The highest BCUT2D eigenvalue weighted by atomic mass is 16.6. The quantitative estimate of drug-likeness (QED) is 0.392. The molecular formula is C23H18N4O4. The van der Waals surface area contributed by atoms with Gasteiger partial charge in [0.05, 0.1) is 10.8 Å². The molecule has 1 heterocycles. The summed E-state index contributed by atoms with van der Waals surface area (Å²) in [5.74, 6) is -0.882.